The summed E-state index contributed by atoms with van der Waals surface area (Å²) in [5, 5.41) is 0. The zero-order chi connectivity index (χ0) is 15.3. The Morgan fingerprint density at radius 1 is 1.18 bits per heavy atom. The number of hydrogen-bond acceptors (Lipinski definition) is 4. The van der Waals surface area contributed by atoms with E-state index in [-0.39, 0.29) is 18.0 Å². The Hall–Kier alpha value is -1.32. The molecule has 120 valence electrons. The highest BCUT2D eigenvalue weighted by Gasteiger charge is 2.51. The van der Waals surface area contributed by atoms with Gasteiger partial charge in [-0.25, -0.2) is 4.98 Å². The maximum atomic E-state index is 12.3. The molecule has 1 aromatic heterocycles. The normalized spacial score (nSPS) is 35.8. The first-order valence-electron chi connectivity index (χ1n) is 8.60. The molecule has 0 aromatic carbocycles. The van der Waals surface area contributed by atoms with Crippen molar-refractivity contribution in [2.24, 2.45) is 23.2 Å². The third kappa shape index (κ3) is 2.57. The zero-order valence-electron chi connectivity index (χ0n) is 13.6. The molecule has 0 aliphatic heterocycles. The van der Waals surface area contributed by atoms with E-state index in [1.165, 1.54) is 38.5 Å². The van der Waals surface area contributed by atoms with Crippen LogP contribution in [0.1, 0.15) is 62.3 Å². The lowest BCUT2D eigenvalue weighted by Gasteiger charge is -2.56. The van der Waals surface area contributed by atoms with Gasteiger partial charge in [0.2, 0.25) is 5.89 Å². The number of nitrogens with zero attached hydrogens (tertiary/aromatic N) is 1. The van der Waals surface area contributed by atoms with Crippen LogP contribution >= 0.6 is 0 Å². The fraction of sp³-hybridized carbons (Fsp3) is 0.778. The predicted octanol–water partition coefficient (Wildman–Crippen LogP) is 3.94. The summed E-state index contributed by atoms with van der Waals surface area (Å²) in [6.45, 7) is 3.95. The van der Waals surface area contributed by atoms with Gasteiger partial charge in [-0.05, 0) is 75.5 Å². The second kappa shape index (κ2) is 5.10. The lowest BCUT2D eigenvalue weighted by Crippen LogP contribution is -2.47. The van der Waals surface area contributed by atoms with E-state index in [1.807, 2.05) is 13.8 Å². The number of hydrogen-bond donors (Lipinski definition) is 0. The maximum Gasteiger partial charge on any atom is 0.306 e. The summed E-state index contributed by atoms with van der Waals surface area (Å²) in [4.78, 5) is 16.6. The molecule has 0 atom stereocenters. The van der Waals surface area contributed by atoms with E-state index in [1.54, 1.807) is 0 Å². The second-order valence-corrected chi connectivity index (χ2v) is 8.00. The molecule has 0 saturated heterocycles. The SMILES string of the molecule is Cc1nc(COC(=O)CC23CC4CC(CC(C4)C2)C3)oc1C. The third-order valence-corrected chi connectivity index (χ3v) is 6.11. The van der Waals surface area contributed by atoms with E-state index < -0.39 is 0 Å². The van der Waals surface area contributed by atoms with Gasteiger partial charge >= 0.3 is 5.97 Å². The van der Waals surface area contributed by atoms with Crippen LogP contribution in [0.3, 0.4) is 0 Å². The summed E-state index contributed by atoms with van der Waals surface area (Å²) in [5.41, 5.74) is 1.11. The summed E-state index contributed by atoms with van der Waals surface area (Å²) < 4.78 is 10.9. The molecular formula is C18H25NO3. The number of oxazole rings is 1. The molecule has 4 heteroatoms. The van der Waals surface area contributed by atoms with Gasteiger partial charge < -0.3 is 9.15 Å². The first-order chi connectivity index (χ1) is 10.5. The van der Waals surface area contributed by atoms with Crippen molar-refractivity contribution in [3.05, 3.63) is 17.3 Å². The van der Waals surface area contributed by atoms with Crippen molar-refractivity contribution in [1.82, 2.24) is 4.98 Å². The number of carbonyl (C=O) groups is 1. The molecule has 0 spiro atoms. The van der Waals surface area contributed by atoms with Gasteiger partial charge in [0.15, 0.2) is 6.61 Å². The minimum atomic E-state index is -0.0737. The number of aromatic nitrogens is 1. The molecule has 5 rings (SSSR count). The Balaban J connectivity index is 1.36. The van der Waals surface area contributed by atoms with Crippen LogP contribution in [0.5, 0.6) is 0 Å². The van der Waals surface area contributed by atoms with E-state index in [2.05, 4.69) is 4.98 Å². The van der Waals surface area contributed by atoms with Gasteiger partial charge in [-0.1, -0.05) is 0 Å². The molecular weight excluding hydrogens is 278 g/mol. The van der Waals surface area contributed by atoms with Crippen LogP contribution in [0.25, 0.3) is 0 Å². The topological polar surface area (TPSA) is 52.3 Å². The first kappa shape index (κ1) is 14.3. The highest BCUT2D eigenvalue weighted by atomic mass is 16.5. The number of esters is 1. The Kier molecular flexibility index (Phi) is 3.31. The van der Waals surface area contributed by atoms with Crippen LogP contribution in [-0.4, -0.2) is 11.0 Å². The first-order valence-corrected chi connectivity index (χ1v) is 8.60. The molecule has 0 radical (unpaired) electrons. The van der Waals surface area contributed by atoms with Gasteiger partial charge in [-0.2, -0.15) is 0 Å². The van der Waals surface area contributed by atoms with Crippen LogP contribution in [0, 0.1) is 37.0 Å². The van der Waals surface area contributed by atoms with E-state index in [4.69, 9.17) is 9.15 Å². The van der Waals surface area contributed by atoms with Gasteiger partial charge in [0.05, 0.1) is 12.1 Å². The van der Waals surface area contributed by atoms with Gasteiger partial charge in [0, 0.05) is 0 Å². The van der Waals surface area contributed by atoms with Crippen LogP contribution < -0.4 is 0 Å². The Morgan fingerprint density at radius 2 is 1.77 bits per heavy atom. The smallest absolute Gasteiger partial charge is 0.306 e. The minimum absolute atomic E-state index is 0.0737. The molecule has 4 saturated carbocycles. The Labute approximate surface area is 131 Å². The van der Waals surface area contributed by atoms with E-state index >= 15 is 0 Å². The fourth-order valence-electron chi connectivity index (χ4n) is 5.61. The molecule has 4 fully saturated rings. The summed E-state index contributed by atoms with van der Waals surface area (Å²) >= 11 is 0. The Bertz CT molecular complexity index is 534. The molecule has 4 aliphatic rings. The highest BCUT2D eigenvalue weighted by Crippen LogP contribution is 2.61. The molecule has 4 aliphatic carbocycles. The number of rotatable bonds is 4. The van der Waals surface area contributed by atoms with Gasteiger partial charge in [0.1, 0.15) is 5.76 Å². The summed E-state index contributed by atoms with van der Waals surface area (Å²) in [5.74, 6) is 3.85. The maximum absolute atomic E-state index is 12.3. The number of carbonyl (C=O) groups excluding carboxylic acids is 1. The quantitative estimate of drug-likeness (QED) is 0.791. The van der Waals surface area contributed by atoms with Gasteiger partial charge in [0.25, 0.3) is 0 Å². The molecule has 0 N–H and O–H groups in total. The van der Waals surface area contributed by atoms with E-state index in [0.29, 0.717) is 12.3 Å². The largest absolute Gasteiger partial charge is 0.456 e. The third-order valence-electron chi connectivity index (χ3n) is 6.11. The average Bonchev–Trinajstić information content (AvgIpc) is 2.73. The molecule has 22 heavy (non-hydrogen) atoms. The van der Waals surface area contributed by atoms with Crippen molar-refractivity contribution < 1.29 is 13.9 Å². The molecule has 0 amide bonds. The van der Waals surface area contributed by atoms with Crippen molar-refractivity contribution in [3.63, 3.8) is 0 Å². The standard InChI is InChI=1S/C18H25NO3/c1-11-12(2)22-16(19-11)10-21-17(20)9-18-6-13-3-14(7-18)5-15(4-13)8-18/h13-15H,3-10H2,1-2H3. The zero-order valence-corrected chi connectivity index (χ0v) is 13.6. The Morgan fingerprint density at radius 3 is 2.27 bits per heavy atom. The fourth-order valence-corrected chi connectivity index (χ4v) is 5.61. The predicted molar refractivity (Wildman–Crippen MR) is 81.0 cm³/mol. The minimum Gasteiger partial charge on any atom is -0.456 e. The average molecular weight is 303 g/mol. The van der Waals surface area contributed by atoms with Crippen molar-refractivity contribution in [3.8, 4) is 0 Å². The molecule has 4 nitrogen and oxygen atoms in total. The van der Waals surface area contributed by atoms with Crippen LogP contribution in [0.15, 0.2) is 4.42 Å². The van der Waals surface area contributed by atoms with Crippen molar-refractivity contribution in [2.75, 3.05) is 0 Å². The van der Waals surface area contributed by atoms with E-state index in [0.717, 1.165) is 29.2 Å². The highest BCUT2D eigenvalue weighted by molar-refractivity contribution is 5.70. The van der Waals surface area contributed by atoms with Crippen LogP contribution in [-0.2, 0) is 16.1 Å². The number of aryl methyl sites for hydroxylation is 2. The van der Waals surface area contributed by atoms with Crippen LogP contribution in [0.2, 0.25) is 0 Å². The number of ether oxygens (including phenoxy) is 1. The van der Waals surface area contributed by atoms with Crippen molar-refractivity contribution in [1.29, 1.82) is 0 Å². The summed E-state index contributed by atoms with van der Waals surface area (Å²) in [7, 11) is 0. The van der Waals surface area contributed by atoms with Gasteiger partial charge in [-0.3, -0.25) is 4.79 Å². The van der Waals surface area contributed by atoms with Crippen molar-refractivity contribution in [2.45, 2.75) is 65.4 Å². The molecule has 0 unspecified atom stereocenters. The van der Waals surface area contributed by atoms with Crippen molar-refractivity contribution >= 4 is 5.97 Å². The van der Waals surface area contributed by atoms with Gasteiger partial charge in [-0.15, -0.1) is 0 Å². The summed E-state index contributed by atoms with van der Waals surface area (Å²) in [6.07, 6.45) is 8.53. The second-order valence-electron chi connectivity index (χ2n) is 8.00. The lowest BCUT2D eigenvalue weighted by molar-refractivity contribution is -0.154. The molecule has 4 bridgehead atoms. The monoisotopic (exact) mass is 303 g/mol. The molecule has 1 aromatic rings. The summed E-state index contributed by atoms with van der Waals surface area (Å²) in [6, 6.07) is 0. The van der Waals surface area contributed by atoms with E-state index in [9.17, 15) is 4.79 Å². The van der Waals surface area contributed by atoms with Crippen LogP contribution in [0.4, 0.5) is 0 Å². The lowest BCUT2D eigenvalue weighted by atomic mass is 9.49. The molecule has 1 heterocycles.